The van der Waals surface area contributed by atoms with E-state index in [1.807, 2.05) is 0 Å². The number of amides is 2. The molecule has 1 aromatic carbocycles. The van der Waals surface area contributed by atoms with Gasteiger partial charge in [0.25, 0.3) is 0 Å². The highest BCUT2D eigenvalue weighted by Gasteiger charge is 2.36. The SMILES string of the molecule is O=C1NCCC(O)C1C(=O)NCc1cccc(F)c1. The number of piperidine rings is 1. The molecule has 1 heterocycles. The average Bonchev–Trinajstić information content (AvgIpc) is 2.36. The van der Waals surface area contributed by atoms with Crippen molar-refractivity contribution in [1.29, 1.82) is 0 Å². The zero-order chi connectivity index (χ0) is 13.8. The monoisotopic (exact) mass is 266 g/mol. The molecule has 2 atom stereocenters. The summed E-state index contributed by atoms with van der Waals surface area (Å²) in [4.78, 5) is 23.4. The summed E-state index contributed by atoms with van der Waals surface area (Å²) in [5.74, 6) is -2.51. The lowest BCUT2D eigenvalue weighted by molar-refractivity contribution is -0.142. The lowest BCUT2D eigenvalue weighted by Crippen LogP contribution is -2.51. The van der Waals surface area contributed by atoms with Crippen molar-refractivity contribution in [3.8, 4) is 0 Å². The Morgan fingerprint density at radius 2 is 2.32 bits per heavy atom. The number of carbonyl (C=O) groups is 2. The van der Waals surface area contributed by atoms with Crippen LogP contribution in [-0.4, -0.2) is 29.6 Å². The Balaban J connectivity index is 1.95. The summed E-state index contributed by atoms with van der Waals surface area (Å²) in [5, 5.41) is 14.7. The molecule has 0 bridgehead atoms. The molecule has 1 aliphatic heterocycles. The molecule has 2 unspecified atom stereocenters. The first-order valence-electron chi connectivity index (χ1n) is 6.06. The van der Waals surface area contributed by atoms with Crippen LogP contribution >= 0.6 is 0 Å². The topological polar surface area (TPSA) is 78.4 Å². The summed E-state index contributed by atoms with van der Waals surface area (Å²) >= 11 is 0. The van der Waals surface area contributed by atoms with Gasteiger partial charge in [0.2, 0.25) is 11.8 Å². The quantitative estimate of drug-likeness (QED) is 0.671. The average molecular weight is 266 g/mol. The molecule has 5 nitrogen and oxygen atoms in total. The third-order valence-corrected chi connectivity index (χ3v) is 3.04. The predicted molar refractivity (Wildman–Crippen MR) is 65.4 cm³/mol. The molecule has 0 aliphatic carbocycles. The van der Waals surface area contributed by atoms with Gasteiger partial charge in [-0.2, -0.15) is 0 Å². The van der Waals surface area contributed by atoms with Gasteiger partial charge >= 0.3 is 0 Å². The van der Waals surface area contributed by atoms with Crippen molar-refractivity contribution in [1.82, 2.24) is 10.6 Å². The predicted octanol–water partition coefficient (Wildman–Crippen LogP) is -0.0611. The van der Waals surface area contributed by atoms with E-state index in [2.05, 4.69) is 10.6 Å². The fourth-order valence-corrected chi connectivity index (χ4v) is 2.03. The smallest absolute Gasteiger partial charge is 0.235 e. The summed E-state index contributed by atoms with van der Waals surface area (Å²) < 4.78 is 13.0. The summed E-state index contributed by atoms with van der Waals surface area (Å²) in [7, 11) is 0. The van der Waals surface area contributed by atoms with Gasteiger partial charge in [-0.3, -0.25) is 9.59 Å². The van der Waals surface area contributed by atoms with Gasteiger partial charge in [-0.25, -0.2) is 4.39 Å². The molecule has 19 heavy (non-hydrogen) atoms. The van der Waals surface area contributed by atoms with E-state index in [-0.39, 0.29) is 12.4 Å². The highest BCUT2D eigenvalue weighted by atomic mass is 19.1. The largest absolute Gasteiger partial charge is 0.392 e. The molecular formula is C13H15FN2O3. The fourth-order valence-electron chi connectivity index (χ4n) is 2.03. The highest BCUT2D eigenvalue weighted by Crippen LogP contribution is 2.13. The molecule has 1 fully saturated rings. The first-order chi connectivity index (χ1) is 9.08. The zero-order valence-electron chi connectivity index (χ0n) is 10.2. The molecule has 0 aromatic heterocycles. The van der Waals surface area contributed by atoms with Gasteiger partial charge in [0.05, 0.1) is 6.10 Å². The summed E-state index contributed by atoms with van der Waals surface area (Å²) in [6, 6.07) is 5.82. The second kappa shape index (κ2) is 5.79. The van der Waals surface area contributed by atoms with Gasteiger partial charge in [-0.15, -0.1) is 0 Å². The Kier molecular flexibility index (Phi) is 4.11. The Bertz CT molecular complexity index is 493. The fraction of sp³-hybridized carbons (Fsp3) is 0.385. The van der Waals surface area contributed by atoms with E-state index < -0.39 is 23.8 Å². The van der Waals surface area contributed by atoms with Crippen LogP contribution in [0, 0.1) is 11.7 Å². The Labute approximate surface area is 109 Å². The molecule has 2 rings (SSSR count). The molecular weight excluding hydrogens is 251 g/mol. The second-order valence-corrected chi connectivity index (χ2v) is 4.47. The summed E-state index contributed by atoms with van der Waals surface area (Å²) in [5.41, 5.74) is 0.596. The maximum Gasteiger partial charge on any atom is 0.235 e. The van der Waals surface area contributed by atoms with Crippen LogP contribution in [0.1, 0.15) is 12.0 Å². The van der Waals surface area contributed by atoms with Gasteiger partial charge < -0.3 is 15.7 Å². The minimum absolute atomic E-state index is 0.118. The van der Waals surface area contributed by atoms with Crippen LogP contribution in [0.2, 0.25) is 0 Å². The Morgan fingerprint density at radius 3 is 3.00 bits per heavy atom. The standard InChI is InChI=1S/C13H15FN2O3/c14-9-3-1-2-8(6-9)7-16-13(19)11-10(17)4-5-15-12(11)18/h1-3,6,10-11,17H,4-5,7H2,(H,15,18)(H,16,19). The number of aliphatic hydroxyl groups is 1. The van der Waals surface area contributed by atoms with E-state index in [0.717, 1.165) is 0 Å². The molecule has 102 valence electrons. The van der Waals surface area contributed by atoms with Gasteiger partial charge in [0, 0.05) is 13.1 Å². The number of benzene rings is 1. The molecule has 1 saturated heterocycles. The second-order valence-electron chi connectivity index (χ2n) is 4.47. The third-order valence-electron chi connectivity index (χ3n) is 3.04. The van der Waals surface area contributed by atoms with E-state index in [4.69, 9.17) is 0 Å². The van der Waals surface area contributed by atoms with Crippen molar-refractivity contribution >= 4 is 11.8 Å². The van der Waals surface area contributed by atoms with Crippen LogP contribution in [0.3, 0.4) is 0 Å². The van der Waals surface area contributed by atoms with E-state index in [9.17, 15) is 19.1 Å². The Hall–Kier alpha value is -1.95. The van der Waals surface area contributed by atoms with Gasteiger partial charge in [-0.1, -0.05) is 12.1 Å². The molecule has 0 spiro atoms. The molecule has 0 radical (unpaired) electrons. The number of aliphatic hydroxyl groups excluding tert-OH is 1. The number of halogens is 1. The lowest BCUT2D eigenvalue weighted by atomic mass is 9.94. The molecule has 3 N–H and O–H groups in total. The van der Waals surface area contributed by atoms with Crippen molar-refractivity contribution < 1.29 is 19.1 Å². The van der Waals surface area contributed by atoms with Crippen molar-refractivity contribution in [2.45, 2.75) is 19.1 Å². The molecule has 2 amide bonds. The number of carbonyl (C=O) groups excluding carboxylic acids is 2. The van der Waals surface area contributed by atoms with Crippen molar-refractivity contribution in [2.24, 2.45) is 5.92 Å². The summed E-state index contributed by atoms with van der Waals surface area (Å²) in [6.45, 7) is 0.487. The normalized spacial score (nSPS) is 22.7. The maximum atomic E-state index is 13.0. The highest BCUT2D eigenvalue weighted by molar-refractivity contribution is 6.01. The number of hydrogen-bond donors (Lipinski definition) is 3. The minimum atomic E-state index is -1.10. The van der Waals surface area contributed by atoms with Crippen LogP contribution in [0.15, 0.2) is 24.3 Å². The van der Waals surface area contributed by atoms with Crippen LogP contribution < -0.4 is 10.6 Å². The first-order valence-corrected chi connectivity index (χ1v) is 6.06. The molecule has 1 aliphatic rings. The van der Waals surface area contributed by atoms with Gasteiger partial charge in [-0.05, 0) is 24.1 Å². The first kappa shape index (κ1) is 13.5. The van der Waals surface area contributed by atoms with Gasteiger partial charge in [0.1, 0.15) is 11.7 Å². The lowest BCUT2D eigenvalue weighted by Gasteiger charge is -2.26. The van der Waals surface area contributed by atoms with Crippen LogP contribution in [0.25, 0.3) is 0 Å². The van der Waals surface area contributed by atoms with Crippen LogP contribution in [0.5, 0.6) is 0 Å². The van der Waals surface area contributed by atoms with Crippen LogP contribution in [-0.2, 0) is 16.1 Å². The van der Waals surface area contributed by atoms with E-state index in [0.29, 0.717) is 18.5 Å². The van der Waals surface area contributed by atoms with Crippen molar-refractivity contribution in [3.63, 3.8) is 0 Å². The zero-order valence-corrected chi connectivity index (χ0v) is 10.2. The van der Waals surface area contributed by atoms with Gasteiger partial charge in [0.15, 0.2) is 0 Å². The Morgan fingerprint density at radius 1 is 1.53 bits per heavy atom. The van der Waals surface area contributed by atoms with E-state index in [1.54, 1.807) is 12.1 Å². The van der Waals surface area contributed by atoms with E-state index >= 15 is 0 Å². The molecule has 0 saturated carbocycles. The minimum Gasteiger partial charge on any atom is -0.392 e. The summed E-state index contributed by atoms with van der Waals surface area (Å²) in [6.07, 6.45) is -0.620. The van der Waals surface area contributed by atoms with Crippen molar-refractivity contribution in [3.05, 3.63) is 35.6 Å². The van der Waals surface area contributed by atoms with E-state index in [1.165, 1.54) is 12.1 Å². The number of nitrogens with one attached hydrogen (secondary N) is 2. The number of rotatable bonds is 3. The number of hydrogen-bond acceptors (Lipinski definition) is 3. The van der Waals surface area contributed by atoms with Crippen molar-refractivity contribution in [2.75, 3.05) is 6.54 Å². The molecule has 6 heteroatoms. The third kappa shape index (κ3) is 3.29. The maximum absolute atomic E-state index is 13.0. The van der Waals surface area contributed by atoms with Crippen LogP contribution in [0.4, 0.5) is 4.39 Å². The molecule has 1 aromatic rings.